The van der Waals surface area contributed by atoms with E-state index in [-0.39, 0.29) is 17.9 Å². The highest BCUT2D eigenvalue weighted by atomic mass is 16.5. The van der Waals surface area contributed by atoms with Crippen LogP contribution < -0.4 is 14.2 Å². The van der Waals surface area contributed by atoms with Crippen LogP contribution in [0.1, 0.15) is 50.6 Å². The lowest BCUT2D eigenvalue weighted by Gasteiger charge is -2.30. The lowest BCUT2D eigenvalue weighted by atomic mass is 9.88. The molecule has 8 nitrogen and oxygen atoms in total. The van der Waals surface area contributed by atoms with E-state index in [4.69, 9.17) is 23.5 Å². The summed E-state index contributed by atoms with van der Waals surface area (Å²) in [6.45, 7) is 1.77. The number of aromatic nitrogens is 1. The Morgan fingerprint density at radius 2 is 1.73 bits per heavy atom. The molecule has 2 aromatic rings. The molecule has 4 rings (SSSR count). The number of hydrogen-bond donors (Lipinski definition) is 0. The van der Waals surface area contributed by atoms with Crippen molar-refractivity contribution in [3.63, 3.8) is 0 Å². The SMILES string of the molecule is COc1cc(-c2cc(CN(C[C@@H]3CCCO3)C(=O)C3CCCCC3)no2)cc(OC)c1OC. The maximum atomic E-state index is 13.4. The van der Waals surface area contributed by atoms with Crippen LogP contribution in [0.15, 0.2) is 22.7 Å². The van der Waals surface area contributed by atoms with Crippen LogP contribution in [0.5, 0.6) is 17.2 Å². The van der Waals surface area contributed by atoms with Crippen molar-refractivity contribution in [3.05, 3.63) is 23.9 Å². The number of nitrogens with zero attached hydrogens (tertiary/aromatic N) is 2. The van der Waals surface area contributed by atoms with Crippen LogP contribution in [0.3, 0.4) is 0 Å². The van der Waals surface area contributed by atoms with E-state index in [2.05, 4.69) is 5.16 Å². The Bertz CT molecular complexity index is 906. The fourth-order valence-corrected chi connectivity index (χ4v) is 4.82. The van der Waals surface area contributed by atoms with Crippen molar-refractivity contribution in [1.29, 1.82) is 0 Å². The number of benzene rings is 1. The second-order valence-electron chi connectivity index (χ2n) is 8.79. The molecular weight excluding hydrogens is 424 g/mol. The van der Waals surface area contributed by atoms with Gasteiger partial charge in [0.25, 0.3) is 0 Å². The van der Waals surface area contributed by atoms with E-state index < -0.39 is 0 Å². The lowest BCUT2D eigenvalue weighted by molar-refractivity contribution is -0.139. The van der Waals surface area contributed by atoms with Crippen LogP contribution >= 0.6 is 0 Å². The minimum absolute atomic E-state index is 0.0963. The normalized spacial score (nSPS) is 18.8. The zero-order valence-corrected chi connectivity index (χ0v) is 19.8. The van der Waals surface area contributed by atoms with Crippen molar-refractivity contribution in [3.8, 4) is 28.6 Å². The lowest BCUT2D eigenvalue weighted by Crippen LogP contribution is -2.41. The zero-order valence-electron chi connectivity index (χ0n) is 19.8. The largest absolute Gasteiger partial charge is 0.493 e. The molecule has 33 heavy (non-hydrogen) atoms. The van der Waals surface area contributed by atoms with E-state index in [9.17, 15) is 4.79 Å². The van der Waals surface area contributed by atoms with Gasteiger partial charge in [0.2, 0.25) is 11.7 Å². The molecule has 2 heterocycles. The Labute approximate surface area is 195 Å². The molecule has 2 aliphatic rings. The fourth-order valence-electron chi connectivity index (χ4n) is 4.82. The van der Waals surface area contributed by atoms with Gasteiger partial charge in [-0.15, -0.1) is 0 Å². The highest BCUT2D eigenvalue weighted by molar-refractivity contribution is 5.79. The third-order valence-corrected chi connectivity index (χ3v) is 6.58. The summed E-state index contributed by atoms with van der Waals surface area (Å²) in [5.41, 5.74) is 1.47. The van der Waals surface area contributed by atoms with Crippen LogP contribution in [0.2, 0.25) is 0 Å². The Morgan fingerprint density at radius 3 is 2.33 bits per heavy atom. The molecule has 1 saturated carbocycles. The fraction of sp³-hybridized carbons (Fsp3) is 0.600. The molecular formula is C25H34N2O6. The molecule has 0 radical (unpaired) electrons. The number of hydrogen-bond acceptors (Lipinski definition) is 7. The molecule has 1 saturated heterocycles. The maximum absolute atomic E-state index is 13.4. The van der Waals surface area contributed by atoms with E-state index in [0.717, 1.165) is 50.7 Å². The molecule has 180 valence electrons. The van der Waals surface area contributed by atoms with E-state index in [1.165, 1.54) is 6.42 Å². The standard InChI is InChI=1S/C25H34N2O6/c1-29-22-12-18(13-23(30-2)24(22)31-3)21-14-19(26-33-21)15-27(16-20-10-7-11-32-20)25(28)17-8-5-4-6-9-17/h12-14,17,20H,4-11,15-16H2,1-3H3/t20-/m0/s1. The molecule has 1 aliphatic carbocycles. The summed E-state index contributed by atoms with van der Waals surface area (Å²) in [5, 5.41) is 4.27. The van der Waals surface area contributed by atoms with Crippen LogP contribution in [0.25, 0.3) is 11.3 Å². The summed E-state index contributed by atoms with van der Waals surface area (Å²) < 4.78 is 27.8. The van der Waals surface area contributed by atoms with Crippen molar-refractivity contribution in [2.45, 2.75) is 57.6 Å². The van der Waals surface area contributed by atoms with Crippen LogP contribution in [-0.4, -0.2) is 56.5 Å². The quantitative estimate of drug-likeness (QED) is 0.549. The van der Waals surface area contributed by atoms with Gasteiger partial charge in [0, 0.05) is 30.7 Å². The summed E-state index contributed by atoms with van der Waals surface area (Å²) in [6.07, 6.45) is 7.54. The monoisotopic (exact) mass is 458 g/mol. The van der Waals surface area contributed by atoms with E-state index in [1.54, 1.807) is 21.3 Å². The number of methoxy groups -OCH3 is 3. The summed E-state index contributed by atoms with van der Waals surface area (Å²) in [5.74, 6) is 2.48. The Hall–Kier alpha value is -2.74. The molecule has 1 atom stereocenters. The average Bonchev–Trinajstić information content (AvgIpc) is 3.55. The smallest absolute Gasteiger partial charge is 0.226 e. The van der Waals surface area contributed by atoms with E-state index >= 15 is 0 Å². The second kappa shape index (κ2) is 10.9. The maximum Gasteiger partial charge on any atom is 0.226 e. The molecule has 0 N–H and O–H groups in total. The van der Waals surface area contributed by atoms with Gasteiger partial charge in [-0.2, -0.15) is 0 Å². The highest BCUT2D eigenvalue weighted by Gasteiger charge is 2.30. The molecule has 0 unspecified atom stereocenters. The Morgan fingerprint density at radius 1 is 1.00 bits per heavy atom. The van der Waals surface area contributed by atoms with Crippen LogP contribution in [-0.2, 0) is 16.1 Å². The molecule has 8 heteroatoms. The van der Waals surface area contributed by atoms with Gasteiger partial charge < -0.3 is 28.4 Å². The predicted molar refractivity (Wildman–Crippen MR) is 123 cm³/mol. The Kier molecular flexibility index (Phi) is 7.75. The summed E-state index contributed by atoms with van der Waals surface area (Å²) in [7, 11) is 4.72. The number of carbonyl (C=O) groups is 1. The van der Waals surface area contributed by atoms with Gasteiger partial charge >= 0.3 is 0 Å². The first kappa shape index (κ1) is 23.4. The topological polar surface area (TPSA) is 83.3 Å². The van der Waals surface area contributed by atoms with E-state index in [1.807, 2.05) is 23.1 Å². The minimum atomic E-state index is 0.0963. The number of carbonyl (C=O) groups excluding carboxylic acids is 1. The summed E-state index contributed by atoms with van der Waals surface area (Å²) in [4.78, 5) is 15.3. The number of ether oxygens (including phenoxy) is 4. The van der Waals surface area contributed by atoms with Gasteiger partial charge in [-0.3, -0.25) is 4.79 Å². The van der Waals surface area contributed by atoms with Gasteiger partial charge in [0.1, 0.15) is 5.69 Å². The molecule has 2 fully saturated rings. The molecule has 1 aliphatic heterocycles. The Balaban J connectivity index is 1.54. The predicted octanol–water partition coefficient (Wildman–Crippen LogP) is 4.46. The van der Waals surface area contributed by atoms with Gasteiger partial charge in [-0.05, 0) is 37.8 Å². The van der Waals surface area contributed by atoms with Crippen molar-refractivity contribution < 1.29 is 28.3 Å². The van der Waals surface area contributed by atoms with Gasteiger partial charge in [0.05, 0.1) is 34.0 Å². The minimum Gasteiger partial charge on any atom is -0.493 e. The molecule has 1 aromatic heterocycles. The first-order valence-corrected chi connectivity index (χ1v) is 11.8. The number of amides is 1. The first-order chi connectivity index (χ1) is 16.1. The summed E-state index contributed by atoms with van der Waals surface area (Å²) in [6, 6.07) is 5.52. The average molecular weight is 459 g/mol. The molecule has 1 amide bonds. The van der Waals surface area contributed by atoms with Gasteiger partial charge in [-0.1, -0.05) is 24.4 Å². The molecule has 0 bridgehead atoms. The van der Waals surface area contributed by atoms with Crippen molar-refractivity contribution >= 4 is 5.91 Å². The van der Waals surface area contributed by atoms with Gasteiger partial charge in [0.15, 0.2) is 17.3 Å². The third-order valence-electron chi connectivity index (χ3n) is 6.58. The molecule has 1 aromatic carbocycles. The van der Waals surface area contributed by atoms with Crippen molar-refractivity contribution in [2.75, 3.05) is 34.5 Å². The van der Waals surface area contributed by atoms with Crippen LogP contribution in [0.4, 0.5) is 0 Å². The van der Waals surface area contributed by atoms with Crippen molar-refractivity contribution in [1.82, 2.24) is 10.1 Å². The highest BCUT2D eigenvalue weighted by Crippen LogP contribution is 2.41. The third kappa shape index (κ3) is 5.43. The number of rotatable bonds is 9. The zero-order chi connectivity index (χ0) is 23.2. The van der Waals surface area contributed by atoms with E-state index in [0.29, 0.717) is 41.8 Å². The van der Waals surface area contributed by atoms with Crippen molar-refractivity contribution in [2.24, 2.45) is 5.92 Å². The molecule has 0 spiro atoms. The van der Waals surface area contributed by atoms with Crippen LogP contribution in [0, 0.1) is 5.92 Å². The van der Waals surface area contributed by atoms with Gasteiger partial charge in [-0.25, -0.2) is 0 Å². The summed E-state index contributed by atoms with van der Waals surface area (Å²) >= 11 is 0. The first-order valence-electron chi connectivity index (χ1n) is 11.8. The second-order valence-corrected chi connectivity index (χ2v) is 8.79.